The van der Waals surface area contributed by atoms with Crippen LogP contribution in [0.1, 0.15) is 37.8 Å². The van der Waals surface area contributed by atoms with Crippen molar-refractivity contribution in [2.24, 2.45) is 11.7 Å². The van der Waals surface area contributed by atoms with Gasteiger partial charge in [0.1, 0.15) is 5.82 Å². The highest BCUT2D eigenvalue weighted by Crippen LogP contribution is 2.25. The monoisotopic (exact) mass is 250 g/mol. The SMILES string of the molecule is C[C@@H](NC(=O)C1CCC(N)C1)c1ccc(F)cc1. The van der Waals surface area contributed by atoms with Crippen LogP contribution in [-0.2, 0) is 4.79 Å². The van der Waals surface area contributed by atoms with Crippen LogP contribution in [0.15, 0.2) is 24.3 Å². The maximum atomic E-state index is 12.8. The number of halogens is 1. The molecule has 3 N–H and O–H groups in total. The van der Waals surface area contributed by atoms with Crippen molar-refractivity contribution in [1.29, 1.82) is 0 Å². The number of hydrogen-bond donors (Lipinski definition) is 2. The number of nitrogens with two attached hydrogens (primary N) is 1. The zero-order chi connectivity index (χ0) is 13.1. The molecule has 2 rings (SSSR count). The minimum Gasteiger partial charge on any atom is -0.349 e. The van der Waals surface area contributed by atoms with Crippen molar-refractivity contribution in [2.75, 3.05) is 0 Å². The van der Waals surface area contributed by atoms with Crippen LogP contribution >= 0.6 is 0 Å². The van der Waals surface area contributed by atoms with E-state index in [1.807, 2.05) is 6.92 Å². The van der Waals surface area contributed by atoms with E-state index in [4.69, 9.17) is 5.73 Å². The summed E-state index contributed by atoms with van der Waals surface area (Å²) in [6, 6.07) is 6.26. The van der Waals surface area contributed by atoms with Gasteiger partial charge in [-0.3, -0.25) is 4.79 Å². The molecule has 0 heterocycles. The van der Waals surface area contributed by atoms with Crippen LogP contribution < -0.4 is 11.1 Å². The molecule has 0 bridgehead atoms. The van der Waals surface area contributed by atoms with Crippen molar-refractivity contribution in [2.45, 2.75) is 38.3 Å². The van der Waals surface area contributed by atoms with Gasteiger partial charge in [0, 0.05) is 12.0 Å². The topological polar surface area (TPSA) is 55.1 Å². The standard InChI is InChI=1S/C14H19FN2O/c1-9(10-2-5-12(15)6-3-10)17-14(18)11-4-7-13(16)8-11/h2-3,5-6,9,11,13H,4,7-8,16H2,1H3,(H,17,18)/t9-,11?,13?/m1/s1. The molecular formula is C14H19FN2O. The predicted molar refractivity (Wildman–Crippen MR) is 68.3 cm³/mol. The predicted octanol–water partition coefficient (Wildman–Crippen LogP) is 2.13. The number of hydrogen-bond acceptors (Lipinski definition) is 2. The molecule has 0 radical (unpaired) electrons. The van der Waals surface area contributed by atoms with Gasteiger partial charge in [-0.1, -0.05) is 12.1 Å². The van der Waals surface area contributed by atoms with E-state index < -0.39 is 0 Å². The first-order chi connectivity index (χ1) is 8.56. The molecule has 4 heteroatoms. The van der Waals surface area contributed by atoms with Gasteiger partial charge in [0.25, 0.3) is 0 Å². The van der Waals surface area contributed by atoms with Crippen LogP contribution in [0.4, 0.5) is 4.39 Å². The van der Waals surface area contributed by atoms with Crippen molar-refractivity contribution in [3.63, 3.8) is 0 Å². The first kappa shape index (κ1) is 13.0. The van der Waals surface area contributed by atoms with E-state index >= 15 is 0 Å². The average Bonchev–Trinajstić information content (AvgIpc) is 2.76. The molecule has 0 aliphatic heterocycles. The lowest BCUT2D eigenvalue weighted by Crippen LogP contribution is -2.32. The lowest BCUT2D eigenvalue weighted by Gasteiger charge is -2.17. The average molecular weight is 250 g/mol. The summed E-state index contributed by atoms with van der Waals surface area (Å²) in [5.41, 5.74) is 6.71. The first-order valence-electron chi connectivity index (χ1n) is 6.37. The van der Waals surface area contributed by atoms with Crippen LogP contribution in [-0.4, -0.2) is 11.9 Å². The van der Waals surface area contributed by atoms with Gasteiger partial charge >= 0.3 is 0 Å². The molecule has 1 fully saturated rings. The highest BCUT2D eigenvalue weighted by molar-refractivity contribution is 5.79. The molecular weight excluding hydrogens is 231 g/mol. The smallest absolute Gasteiger partial charge is 0.223 e. The van der Waals surface area contributed by atoms with Gasteiger partial charge in [-0.15, -0.1) is 0 Å². The van der Waals surface area contributed by atoms with Crippen molar-refractivity contribution < 1.29 is 9.18 Å². The summed E-state index contributed by atoms with van der Waals surface area (Å²) in [4.78, 5) is 12.0. The van der Waals surface area contributed by atoms with E-state index in [-0.39, 0.29) is 29.7 Å². The maximum Gasteiger partial charge on any atom is 0.223 e. The van der Waals surface area contributed by atoms with Gasteiger partial charge in [0.05, 0.1) is 6.04 Å². The molecule has 0 saturated heterocycles. The summed E-state index contributed by atoms with van der Waals surface area (Å²) in [7, 11) is 0. The highest BCUT2D eigenvalue weighted by atomic mass is 19.1. The Bertz CT molecular complexity index is 418. The normalized spacial score (nSPS) is 24.8. The number of nitrogens with one attached hydrogen (secondary N) is 1. The van der Waals surface area contributed by atoms with Crippen molar-refractivity contribution in [1.82, 2.24) is 5.32 Å². The quantitative estimate of drug-likeness (QED) is 0.863. The lowest BCUT2D eigenvalue weighted by molar-refractivity contribution is -0.125. The Kier molecular flexibility index (Phi) is 3.97. The molecule has 1 aromatic carbocycles. The molecule has 0 spiro atoms. The molecule has 0 aromatic heterocycles. The fourth-order valence-corrected chi connectivity index (χ4v) is 2.42. The van der Waals surface area contributed by atoms with Crippen LogP contribution in [0.2, 0.25) is 0 Å². The first-order valence-corrected chi connectivity index (χ1v) is 6.37. The molecule has 2 unspecified atom stereocenters. The molecule has 18 heavy (non-hydrogen) atoms. The summed E-state index contributed by atoms with van der Waals surface area (Å²) in [6.45, 7) is 1.90. The molecule has 1 amide bonds. The Hall–Kier alpha value is -1.42. The maximum absolute atomic E-state index is 12.8. The van der Waals surface area contributed by atoms with Crippen molar-refractivity contribution in [3.05, 3.63) is 35.6 Å². The fourth-order valence-electron chi connectivity index (χ4n) is 2.42. The number of benzene rings is 1. The Morgan fingerprint density at radius 3 is 2.61 bits per heavy atom. The Morgan fingerprint density at radius 1 is 1.39 bits per heavy atom. The summed E-state index contributed by atoms with van der Waals surface area (Å²) < 4.78 is 12.8. The molecule has 1 aliphatic rings. The van der Waals surface area contributed by atoms with Gasteiger partial charge < -0.3 is 11.1 Å². The van der Waals surface area contributed by atoms with Crippen LogP contribution in [0.3, 0.4) is 0 Å². The molecule has 1 aromatic rings. The Labute approximate surface area is 107 Å². The summed E-state index contributed by atoms with van der Waals surface area (Å²) in [5.74, 6) is -0.179. The molecule has 3 atom stereocenters. The summed E-state index contributed by atoms with van der Waals surface area (Å²) >= 11 is 0. The third-order valence-corrected chi connectivity index (χ3v) is 3.57. The minimum atomic E-state index is -0.265. The number of carbonyl (C=O) groups is 1. The van der Waals surface area contributed by atoms with Crippen LogP contribution in [0.5, 0.6) is 0 Å². The highest BCUT2D eigenvalue weighted by Gasteiger charge is 2.28. The van der Waals surface area contributed by atoms with Crippen molar-refractivity contribution >= 4 is 5.91 Å². The van der Waals surface area contributed by atoms with E-state index in [1.165, 1.54) is 12.1 Å². The van der Waals surface area contributed by atoms with Gasteiger partial charge in [0.2, 0.25) is 5.91 Å². The Balaban J connectivity index is 1.92. The van der Waals surface area contributed by atoms with Crippen LogP contribution in [0.25, 0.3) is 0 Å². The van der Waals surface area contributed by atoms with Crippen LogP contribution in [0, 0.1) is 11.7 Å². The fraction of sp³-hybridized carbons (Fsp3) is 0.500. The third-order valence-electron chi connectivity index (χ3n) is 3.57. The summed E-state index contributed by atoms with van der Waals surface area (Å²) in [6.07, 6.45) is 2.55. The van der Waals surface area contributed by atoms with E-state index in [1.54, 1.807) is 12.1 Å². The molecule has 1 aliphatic carbocycles. The minimum absolute atomic E-state index is 0.0305. The Morgan fingerprint density at radius 2 is 2.06 bits per heavy atom. The van der Waals surface area contributed by atoms with E-state index in [2.05, 4.69) is 5.32 Å². The molecule has 3 nitrogen and oxygen atoms in total. The van der Waals surface area contributed by atoms with Gasteiger partial charge in [0.15, 0.2) is 0 Å². The molecule has 98 valence electrons. The lowest BCUT2D eigenvalue weighted by atomic mass is 10.0. The largest absolute Gasteiger partial charge is 0.349 e. The van der Waals surface area contributed by atoms with Gasteiger partial charge in [-0.25, -0.2) is 4.39 Å². The number of amides is 1. The zero-order valence-corrected chi connectivity index (χ0v) is 10.5. The molecule has 1 saturated carbocycles. The van der Waals surface area contributed by atoms with E-state index in [0.717, 1.165) is 24.8 Å². The van der Waals surface area contributed by atoms with E-state index in [0.29, 0.717) is 0 Å². The second-order valence-electron chi connectivity index (χ2n) is 5.05. The third kappa shape index (κ3) is 3.07. The zero-order valence-electron chi connectivity index (χ0n) is 10.5. The number of carbonyl (C=O) groups excluding carboxylic acids is 1. The van der Waals surface area contributed by atoms with Gasteiger partial charge in [-0.05, 0) is 43.9 Å². The number of rotatable bonds is 3. The van der Waals surface area contributed by atoms with Gasteiger partial charge in [-0.2, -0.15) is 0 Å². The summed E-state index contributed by atoms with van der Waals surface area (Å²) in [5, 5.41) is 2.96. The second-order valence-corrected chi connectivity index (χ2v) is 5.05. The van der Waals surface area contributed by atoms with E-state index in [9.17, 15) is 9.18 Å². The van der Waals surface area contributed by atoms with Crippen molar-refractivity contribution in [3.8, 4) is 0 Å². The second kappa shape index (κ2) is 5.48.